The molecule has 3 nitrogen and oxygen atoms in total. The molecule has 0 radical (unpaired) electrons. The minimum Gasteiger partial charge on any atom is -0.378 e. The number of halogens is 2. The maximum atomic E-state index is 12.5. The first-order chi connectivity index (χ1) is 16.1. The monoisotopic (exact) mass is 468 g/mol. The Morgan fingerprint density at radius 3 is 1.76 bits per heavy atom. The Morgan fingerprint density at radius 1 is 0.758 bits per heavy atom. The number of hydrogen-bond donors (Lipinski definition) is 0. The van der Waals surface area contributed by atoms with Gasteiger partial charge < -0.3 is 14.2 Å². The van der Waals surface area contributed by atoms with Crippen molar-refractivity contribution in [1.82, 2.24) is 0 Å². The topological polar surface area (TPSA) is 27.7 Å². The first-order valence-electron chi connectivity index (χ1n) is 13.9. The summed E-state index contributed by atoms with van der Waals surface area (Å²) in [6.45, 7) is 4.62. The van der Waals surface area contributed by atoms with Crippen molar-refractivity contribution in [3.05, 3.63) is 12.2 Å². The van der Waals surface area contributed by atoms with Gasteiger partial charge in [-0.05, 0) is 119 Å². The van der Waals surface area contributed by atoms with Crippen LogP contribution in [0, 0.1) is 35.5 Å². The Hall–Kier alpha value is -0.520. The predicted octanol–water partition coefficient (Wildman–Crippen LogP) is 7.74. The van der Waals surface area contributed by atoms with Gasteiger partial charge in [-0.25, -0.2) is 0 Å². The molecule has 33 heavy (non-hydrogen) atoms. The van der Waals surface area contributed by atoms with E-state index < -0.39 is 6.08 Å². The summed E-state index contributed by atoms with van der Waals surface area (Å²) in [5, 5.41) is 0. The highest BCUT2D eigenvalue weighted by Crippen LogP contribution is 2.45. The average Bonchev–Trinajstić information content (AvgIpc) is 2.84. The SMILES string of the molecule is CC1COC(CCCOC2CCC(C3CCC(C4CCC(C=C(F)F)CC4)CC3)CC2)OC1. The van der Waals surface area contributed by atoms with Crippen LogP contribution < -0.4 is 0 Å². The Morgan fingerprint density at radius 2 is 1.24 bits per heavy atom. The second-order valence-electron chi connectivity index (χ2n) is 11.6. The smallest absolute Gasteiger partial charge is 0.266 e. The van der Waals surface area contributed by atoms with E-state index in [1.807, 2.05) is 0 Å². The molecule has 0 spiro atoms. The number of ether oxygens (including phenoxy) is 3. The van der Waals surface area contributed by atoms with Crippen LogP contribution in [0.4, 0.5) is 8.78 Å². The van der Waals surface area contributed by atoms with Crippen LogP contribution in [0.5, 0.6) is 0 Å². The van der Waals surface area contributed by atoms with Crippen LogP contribution in [0.3, 0.4) is 0 Å². The van der Waals surface area contributed by atoms with Crippen molar-refractivity contribution in [3.63, 3.8) is 0 Å². The molecule has 5 heteroatoms. The van der Waals surface area contributed by atoms with Gasteiger partial charge in [-0.15, -0.1) is 0 Å². The summed E-state index contributed by atoms with van der Waals surface area (Å²) in [6, 6.07) is 0. The van der Waals surface area contributed by atoms with Crippen molar-refractivity contribution in [3.8, 4) is 0 Å². The highest BCUT2D eigenvalue weighted by Gasteiger charge is 2.34. The van der Waals surface area contributed by atoms with Gasteiger partial charge in [-0.2, -0.15) is 8.78 Å². The van der Waals surface area contributed by atoms with Crippen LogP contribution in [0.25, 0.3) is 0 Å². The van der Waals surface area contributed by atoms with E-state index in [1.165, 1.54) is 57.4 Å². The molecule has 190 valence electrons. The van der Waals surface area contributed by atoms with Gasteiger partial charge in [-0.1, -0.05) is 6.92 Å². The van der Waals surface area contributed by atoms with Crippen LogP contribution in [0.15, 0.2) is 12.2 Å². The second kappa shape index (κ2) is 13.0. The van der Waals surface area contributed by atoms with E-state index in [2.05, 4.69) is 6.92 Å². The Labute approximate surface area is 200 Å². The lowest BCUT2D eigenvalue weighted by atomic mass is 9.65. The highest BCUT2D eigenvalue weighted by molar-refractivity contribution is 4.92. The summed E-state index contributed by atoms with van der Waals surface area (Å²) < 4.78 is 42.7. The normalized spacial score (nSPS) is 40.3. The van der Waals surface area contributed by atoms with Gasteiger partial charge in [-0.3, -0.25) is 0 Å². The maximum absolute atomic E-state index is 12.5. The number of hydrogen-bond acceptors (Lipinski definition) is 3. The van der Waals surface area contributed by atoms with Crippen molar-refractivity contribution < 1.29 is 23.0 Å². The number of allylic oxidation sites excluding steroid dienone is 1. The molecule has 1 heterocycles. The third kappa shape index (κ3) is 8.00. The second-order valence-corrected chi connectivity index (χ2v) is 11.6. The van der Waals surface area contributed by atoms with E-state index in [9.17, 15) is 8.78 Å². The zero-order valence-electron chi connectivity index (χ0n) is 20.7. The fourth-order valence-electron chi connectivity index (χ4n) is 7.08. The predicted molar refractivity (Wildman–Crippen MR) is 127 cm³/mol. The quantitative estimate of drug-likeness (QED) is 0.341. The van der Waals surface area contributed by atoms with E-state index in [4.69, 9.17) is 14.2 Å². The number of rotatable bonds is 8. The summed E-state index contributed by atoms with van der Waals surface area (Å²) >= 11 is 0. The molecule has 0 atom stereocenters. The molecule has 4 rings (SSSR count). The van der Waals surface area contributed by atoms with Gasteiger partial charge in [0.15, 0.2) is 6.29 Å². The molecule has 0 aromatic rings. The van der Waals surface area contributed by atoms with E-state index in [1.54, 1.807) is 0 Å². The maximum Gasteiger partial charge on any atom is 0.266 e. The molecular weight excluding hydrogens is 422 g/mol. The highest BCUT2D eigenvalue weighted by atomic mass is 19.3. The third-order valence-corrected chi connectivity index (χ3v) is 9.12. The Kier molecular flexibility index (Phi) is 10.1. The summed E-state index contributed by atoms with van der Waals surface area (Å²) in [6.07, 6.45) is 17.0. The van der Waals surface area contributed by atoms with Crippen LogP contribution in [0.1, 0.15) is 96.8 Å². The first-order valence-corrected chi connectivity index (χ1v) is 13.9. The fourth-order valence-corrected chi connectivity index (χ4v) is 7.08. The molecular formula is C28H46F2O3. The van der Waals surface area contributed by atoms with Crippen molar-refractivity contribution in [1.29, 1.82) is 0 Å². The molecule has 0 N–H and O–H groups in total. The lowest BCUT2D eigenvalue weighted by Gasteiger charge is -2.41. The minimum absolute atomic E-state index is 0.0272. The van der Waals surface area contributed by atoms with Crippen LogP contribution >= 0.6 is 0 Å². The fraction of sp³-hybridized carbons (Fsp3) is 0.929. The molecule has 0 aromatic heterocycles. The molecule has 0 amide bonds. The van der Waals surface area contributed by atoms with E-state index in [0.717, 1.165) is 82.0 Å². The summed E-state index contributed by atoms with van der Waals surface area (Å²) in [7, 11) is 0. The van der Waals surface area contributed by atoms with E-state index >= 15 is 0 Å². The molecule has 3 aliphatic carbocycles. The van der Waals surface area contributed by atoms with E-state index in [0.29, 0.717) is 12.0 Å². The molecule has 0 bridgehead atoms. The lowest BCUT2D eigenvalue weighted by Crippen LogP contribution is -2.31. The third-order valence-electron chi connectivity index (χ3n) is 9.12. The minimum atomic E-state index is -1.49. The molecule has 3 saturated carbocycles. The van der Waals surface area contributed by atoms with Gasteiger partial charge in [0.05, 0.1) is 19.3 Å². The van der Waals surface area contributed by atoms with Crippen molar-refractivity contribution >= 4 is 0 Å². The largest absolute Gasteiger partial charge is 0.378 e. The molecule has 0 unspecified atom stereocenters. The Balaban J connectivity index is 1.06. The van der Waals surface area contributed by atoms with Gasteiger partial charge in [0.25, 0.3) is 6.08 Å². The lowest BCUT2D eigenvalue weighted by molar-refractivity contribution is -0.201. The van der Waals surface area contributed by atoms with Crippen molar-refractivity contribution in [2.75, 3.05) is 19.8 Å². The zero-order chi connectivity index (χ0) is 23.0. The van der Waals surface area contributed by atoms with Gasteiger partial charge in [0.1, 0.15) is 0 Å². The molecule has 1 saturated heterocycles. The van der Waals surface area contributed by atoms with Crippen LogP contribution in [0.2, 0.25) is 0 Å². The van der Waals surface area contributed by atoms with Gasteiger partial charge in [0.2, 0.25) is 0 Å². The molecule has 4 aliphatic rings. The standard InChI is InChI=1S/C28H46F2O3/c1-20-18-32-28(33-19-20)3-2-16-31-26-14-12-25(13-15-26)24-10-8-23(9-11-24)22-6-4-21(5-7-22)17-27(29)30/h17,20-26,28H,2-16,18-19H2,1H3. The van der Waals surface area contributed by atoms with Crippen LogP contribution in [-0.4, -0.2) is 32.2 Å². The van der Waals surface area contributed by atoms with Crippen LogP contribution in [-0.2, 0) is 14.2 Å². The molecule has 1 aliphatic heterocycles. The van der Waals surface area contributed by atoms with E-state index in [-0.39, 0.29) is 12.2 Å². The summed E-state index contributed by atoms with van der Waals surface area (Å²) in [5.41, 5.74) is 0. The summed E-state index contributed by atoms with van der Waals surface area (Å²) in [4.78, 5) is 0. The zero-order valence-corrected chi connectivity index (χ0v) is 20.7. The summed E-state index contributed by atoms with van der Waals surface area (Å²) in [5.74, 6) is 4.07. The Bertz CT molecular complexity index is 576. The van der Waals surface area contributed by atoms with Gasteiger partial charge >= 0.3 is 0 Å². The average molecular weight is 469 g/mol. The first kappa shape index (κ1) is 25.6. The molecule has 4 fully saturated rings. The molecule has 0 aromatic carbocycles. The van der Waals surface area contributed by atoms with Gasteiger partial charge in [0, 0.05) is 18.9 Å². The van der Waals surface area contributed by atoms with Crippen molar-refractivity contribution in [2.45, 2.75) is 109 Å². The van der Waals surface area contributed by atoms with Crippen molar-refractivity contribution in [2.24, 2.45) is 35.5 Å².